The normalized spacial score (nSPS) is 10.6. The first kappa shape index (κ1) is 13.0. The van der Waals surface area contributed by atoms with Crippen LogP contribution in [0.15, 0.2) is 28.7 Å². The van der Waals surface area contributed by atoms with Gasteiger partial charge in [0.25, 0.3) is 0 Å². The van der Waals surface area contributed by atoms with Crippen LogP contribution in [-0.2, 0) is 6.42 Å². The Hall–Kier alpha value is -1.49. The molecule has 0 aliphatic heterocycles. The van der Waals surface area contributed by atoms with Crippen molar-refractivity contribution >= 4 is 21.7 Å². The zero-order valence-electron chi connectivity index (χ0n) is 10.4. The molecule has 0 unspecified atom stereocenters. The van der Waals surface area contributed by atoms with Crippen molar-refractivity contribution in [3.05, 3.63) is 40.1 Å². The number of hydrogen-bond acceptors (Lipinski definition) is 3. The number of Topliss-reactive ketones (excluding diaryl/α,β-unsaturated/α-hetero) is 1. The summed E-state index contributed by atoms with van der Waals surface area (Å²) < 4.78 is 2.70. The molecule has 0 bridgehead atoms. The van der Waals surface area contributed by atoms with Crippen LogP contribution in [0, 0.1) is 0 Å². The molecule has 4 nitrogen and oxygen atoms in total. The number of carbonyl (C=O) groups excluding carboxylic acids is 1. The van der Waals surface area contributed by atoms with Crippen molar-refractivity contribution < 1.29 is 4.79 Å². The Morgan fingerprint density at radius 2 is 2.17 bits per heavy atom. The first-order valence-corrected chi connectivity index (χ1v) is 6.70. The Bertz CT molecular complexity index is 577. The number of rotatable bonds is 4. The lowest BCUT2D eigenvalue weighted by molar-refractivity contribution is 0.0982. The fourth-order valence-corrected chi connectivity index (χ4v) is 2.21. The van der Waals surface area contributed by atoms with Gasteiger partial charge in [0, 0.05) is 10.9 Å². The number of carbonyl (C=O) groups is 1. The summed E-state index contributed by atoms with van der Waals surface area (Å²) >= 11 is 3.43. The second kappa shape index (κ2) is 5.44. The molecule has 0 spiro atoms. The lowest BCUT2D eigenvalue weighted by atomic mass is 10.1. The van der Waals surface area contributed by atoms with E-state index in [1.165, 1.54) is 0 Å². The molecule has 1 aromatic heterocycles. The molecule has 5 heteroatoms. The molecule has 94 valence electrons. The van der Waals surface area contributed by atoms with Gasteiger partial charge >= 0.3 is 0 Å². The lowest BCUT2D eigenvalue weighted by Crippen LogP contribution is -2.05. The summed E-state index contributed by atoms with van der Waals surface area (Å²) in [5.74, 6) is 0.0353. The molecule has 1 heterocycles. The van der Waals surface area contributed by atoms with Gasteiger partial charge in [0.15, 0.2) is 11.5 Å². The maximum atomic E-state index is 11.8. The molecule has 0 N–H and O–H groups in total. The Balaban J connectivity index is 2.52. The number of aromatic nitrogens is 3. The van der Waals surface area contributed by atoms with Crippen LogP contribution in [0.4, 0.5) is 0 Å². The van der Waals surface area contributed by atoms with Gasteiger partial charge in [-0.1, -0.05) is 41.1 Å². The van der Waals surface area contributed by atoms with Crippen molar-refractivity contribution in [2.75, 3.05) is 0 Å². The van der Waals surface area contributed by atoms with Gasteiger partial charge < -0.3 is 0 Å². The monoisotopic (exact) mass is 307 g/mol. The SMILES string of the molecule is CCC(=O)c1nnn(-c2cccc(Br)c2)c1CC. The van der Waals surface area contributed by atoms with Crippen molar-refractivity contribution in [3.63, 3.8) is 0 Å². The first-order valence-electron chi connectivity index (χ1n) is 5.91. The van der Waals surface area contributed by atoms with Crippen LogP contribution in [0.2, 0.25) is 0 Å². The highest BCUT2D eigenvalue weighted by Crippen LogP contribution is 2.18. The summed E-state index contributed by atoms with van der Waals surface area (Å²) in [5, 5.41) is 8.10. The van der Waals surface area contributed by atoms with Crippen LogP contribution in [0.25, 0.3) is 5.69 Å². The molecule has 18 heavy (non-hydrogen) atoms. The van der Waals surface area contributed by atoms with Gasteiger partial charge in [0.1, 0.15) is 0 Å². The highest BCUT2D eigenvalue weighted by Gasteiger charge is 2.17. The minimum absolute atomic E-state index is 0.0353. The largest absolute Gasteiger partial charge is 0.292 e. The van der Waals surface area contributed by atoms with E-state index in [-0.39, 0.29) is 5.78 Å². The molecule has 0 aliphatic carbocycles. The van der Waals surface area contributed by atoms with Crippen molar-refractivity contribution in [3.8, 4) is 5.69 Å². The van der Waals surface area contributed by atoms with Gasteiger partial charge in [-0.05, 0) is 24.6 Å². The Morgan fingerprint density at radius 1 is 1.39 bits per heavy atom. The number of nitrogens with zero attached hydrogens (tertiary/aromatic N) is 3. The molecule has 2 aromatic rings. The van der Waals surface area contributed by atoms with E-state index in [0.29, 0.717) is 12.1 Å². The third-order valence-electron chi connectivity index (χ3n) is 2.74. The fraction of sp³-hybridized carbons (Fsp3) is 0.308. The Kier molecular flexibility index (Phi) is 3.91. The number of ketones is 1. The van der Waals surface area contributed by atoms with Crippen molar-refractivity contribution in [1.82, 2.24) is 15.0 Å². The van der Waals surface area contributed by atoms with Crippen LogP contribution in [0.3, 0.4) is 0 Å². The summed E-state index contributed by atoms with van der Waals surface area (Å²) in [5.41, 5.74) is 2.25. The van der Waals surface area contributed by atoms with E-state index in [1.807, 2.05) is 38.1 Å². The molecular weight excluding hydrogens is 294 g/mol. The van der Waals surface area contributed by atoms with Gasteiger partial charge in [0.05, 0.1) is 11.4 Å². The maximum Gasteiger partial charge on any atom is 0.184 e. The maximum absolute atomic E-state index is 11.8. The highest BCUT2D eigenvalue weighted by molar-refractivity contribution is 9.10. The van der Waals surface area contributed by atoms with Crippen molar-refractivity contribution in [2.45, 2.75) is 26.7 Å². The Morgan fingerprint density at radius 3 is 2.78 bits per heavy atom. The average molecular weight is 308 g/mol. The molecule has 0 atom stereocenters. The fourth-order valence-electron chi connectivity index (χ4n) is 1.82. The van der Waals surface area contributed by atoms with Crippen molar-refractivity contribution in [2.24, 2.45) is 0 Å². The third kappa shape index (κ3) is 2.36. The zero-order chi connectivity index (χ0) is 13.1. The Labute approximate surface area is 114 Å². The molecule has 2 rings (SSSR count). The second-order valence-corrected chi connectivity index (χ2v) is 4.82. The van der Waals surface area contributed by atoms with Crippen LogP contribution in [0.5, 0.6) is 0 Å². The molecule has 0 fully saturated rings. The highest BCUT2D eigenvalue weighted by atomic mass is 79.9. The standard InChI is InChI=1S/C13H14BrN3O/c1-3-11-13(12(18)4-2)15-16-17(11)10-7-5-6-9(14)8-10/h5-8H,3-4H2,1-2H3. The molecule has 0 saturated carbocycles. The summed E-state index contributed by atoms with van der Waals surface area (Å²) in [4.78, 5) is 11.8. The van der Waals surface area contributed by atoms with Gasteiger partial charge in [-0.25, -0.2) is 4.68 Å². The molecule has 0 radical (unpaired) electrons. The van der Waals surface area contributed by atoms with Gasteiger partial charge in [-0.3, -0.25) is 4.79 Å². The molecule has 0 aliphatic rings. The average Bonchev–Trinajstić information content (AvgIpc) is 2.81. The predicted octanol–water partition coefficient (Wildman–Crippen LogP) is 3.18. The number of halogens is 1. The number of hydrogen-bond donors (Lipinski definition) is 0. The minimum Gasteiger partial charge on any atom is -0.292 e. The van der Waals surface area contributed by atoms with Crippen LogP contribution < -0.4 is 0 Å². The molecule has 0 saturated heterocycles. The minimum atomic E-state index is 0.0353. The van der Waals surface area contributed by atoms with E-state index in [9.17, 15) is 4.79 Å². The smallest absolute Gasteiger partial charge is 0.184 e. The quantitative estimate of drug-likeness (QED) is 0.815. The van der Waals surface area contributed by atoms with Gasteiger partial charge in [-0.15, -0.1) is 5.10 Å². The third-order valence-corrected chi connectivity index (χ3v) is 3.23. The van der Waals surface area contributed by atoms with E-state index in [4.69, 9.17) is 0 Å². The van der Waals surface area contributed by atoms with Crippen LogP contribution in [-0.4, -0.2) is 20.8 Å². The van der Waals surface area contributed by atoms with Gasteiger partial charge in [0.2, 0.25) is 0 Å². The van der Waals surface area contributed by atoms with E-state index in [1.54, 1.807) is 4.68 Å². The molecule has 0 amide bonds. The van der Waals surface area contributed by atoms with Crippen LogP contribution in [0.1, 0.15) is 36.5 Å². The van der Waals surface area contributed by atoms with E-state index < -0.39 is 0 Å². The lowest BCUT2D eigenvalue weighted by Gasteiger charge is -2.05. The second-order valence-electron chi connectivity index (χ2n) is 3.91. The summed E-state index contributed by atoms with van der Waals surface area (Å²) in [7, 11) is 0. The summed E-state index contributed by atoms with van der Waals surface area (Å²) in [6, 6.07) is 7.78. The van der Waals surface area contributed by atoms with E-state index in [0.717, 1.165) is 22.3 Å². The zero-order valence-corrected chi connectivity index (χ0v) is 11.9. The summed E-state index contributed by atoms with van der Waals surface area (Å²) in [6.07, 6.45) is 1.17. The van der Waals surface area contributed by atoms with Gasteiger partial charge in [-0.2, -0.15) is 0 Å². The first-order chi connectivity index (χ1) is 8.67. The number of benzene rings is 1. The van der Waals surface area contributed by atoms with Crippen LogP contribution >= 0.6 is 15.9 Å². The summed E-state index contributed by atoms with van der Waals surface area (Å²) in [6.45, 7) is 3.83. The molecular formula is C13H14BrN3O. The predicted molar refractivity (Wildman–Crippen MR) is 73.1 cm³/mol. The molecule has 1 aromatic carbocycles. The van der Waals surface area contributed by atoms with E-state index >= 15 is 0 Å². The van der Waals surface area contributed by atoms with E-state index in [2.05, 4.69) is 26.2 Å². The van der Waals surface area contributed by atoms with Crippen molar-refractivity contribution in [1.29, 1.82) is 0 Å². The topological polar surface area (TPSA) is 47.8 Å².